The highest BCUT2D eigenvalue weighted by Crippen LogP contribution is 2.25. The van der Waals surface area contributed by atoms with E-state index in [0.29, 0.717) is 23.0 Å². The molecule has 7 nitrogen and oxygen atoms in total. The van der Waals surface area contributed by atoms with Gasteiger partial charge in [0, 0.05) is 19.0 Å². The molecule has 2 amide bonds. The molecule has 0 aliphatic carbocycles. The lowest BCUT2D eigenvalue weighted by atomic mass is 10.3. The number of primary amides is 1. The Morgan fingerprint density at radius 1 is 1.42 bits per heavy atom. The Hall–Kier alpha value is -1.83. The van der Waals surface area contributed by atoms with Gasteiger partial charge < -0.3 is 22.1 Å². The number of rotatable bonds is 7. The number of nitrogens with one attached hydrogen (secondary N) is 2. The van der Waals surface area contributed by atoms with E-state index < -0.39 is 0 Å². The van der Waals surface area contributed by atoms with E-state index in [1.807, 2.05) is 13.8 Å². The summed E-state index contributed by atoms with van der Waals surface area (Å²) in [5.41, 5.74) is 10.7. The summed E-state index contributed by atoms with van der Waals surface area (Å²) in [6.07, 6.45) is 0.759. The van der Waals surface area contributed by atoms with Crippen molar-refractivity contribution in [3.8, 4) is 0 Å². The number of amides is 2. The zero-order chi connectivity index (χ0) is 14.4. The van der Waals surface area contributed by atoms with Gasteiger partial charge in [-0.25, -0.2) is 4.98 Å². The lowest BCUT2D eigenvalue weighted by molar-refractivity contribution is -0.118. The minimum Gasteiger partial charge on any atom is -0.382 e. The number of anilines is 2. The third-order valence-corrected chi connectivity index (χ3v) is 3.16. The van der Waals surface area contributed by atoms with Crippen LogP contribution in [0.1, 0.15) is 36.4 Å². The Labute approximate surface area is 115 Å². The lowest BCUT2D eigenvalue weighted by Crippen LogP contribution is -2.25. The fourth-order valence-electron chi connectivity index (χ4n) is 1.35. The molecule has 0 fully saturated rings. The minimum absolute atomic E-state index is 0.209. The van der Waals surface area contributed by atoms with Crippen molar-refractivity contribution < 1.29 is 9.59 Å². The quantitative estimate of drug-likeness (QED) is 0.544. The predicted molar refractivity (Wildman–Crippen MR) is 76.0 cm³/mol. The molecule has 0 saturated heterocycles. The van der Waals surface area contributed by atoms with Crippen LogP contribution in [0.4, 0.5) is 10.9 Å². The first-order chi connectivity index (χ1) is 8.90. The van der Waals surface area contributed by atoms with Crippen LogP contribution in [0.15, 0.2) is 0 Å². The van der Waals surface area contributed by atoms with Gasteiger partial charge in [0.2, 0.25) is 5.91 Å². The SMILES string of the molecule is CC(C)Nc1nc(N)c(C(=O)NCCCC(N)=O)s1. The molecule has 106 valence electrons. The van der Waals surface area contributed by atoms with Crippen LogP contribution in [0.25, 0.3) is 0 Å². The molecule has 1 aromatic rings. The van der Waals surface area contributed by atoms with E-state index in [9.17, 15) is 9.59 Å². The predicted octanol–water partition coefficient (Wildman–Crippen LogP) is 0.541. The van der Waals surface area contributed by atoms with Gasteiger partial charge in [-0.05, 0) is 20.3 Å². The first-order valence-electron chi connectivity index (χ1n) is 5.99. The van der Waals surface area contributed by atoms with E-state index in [4.69, 9.17) is 11.5 Å². The summed E-state index contributed by atoms with van der Waals surface area (Å²) in [7, 11) is 0. The normalized spacial score (nSPS) is 10.5. The molecule has 1 rings (SSSR count). The standard InChI is InChI=1S/C11H19N5O2S/c1-6(2)15-11-16-9(13)8(19-11)10(18)14-5-3-4-7(12)17/h6H,3-5,13H2,1-2H3,(H2,12,17)(H,14,18)(H,15,16). The van der Waals surface area contributed by atoms with Gasteiger partial charge >= 0.3 is 0 Å². The molecule has 1 heterocycles. The van der Waals surface area contributed by atoms with Crippen LogP contribution in [-0.2, 0) is 4.79 Å². The molecule has 6 N–H and O–H groups in total. The number of aromatic nitrogens is 1. The summed E-state index contributed by atoms with van der Waals surface area (Å²) < 4.78 is 0. The number of carbonyl (C=O) groups excluding carboxylic acids is 2. The number of carbonyl (C=O) groups is 2. The summed E-state index contributed by atoms with van der Waals surface area (Å²) in [4.78, 5) is 26.8. The molecule has 0 bridgehead atoms. The Morgan fingerprint density at radius 2 is 2.11 bits per heavy atom. The maximum absolute atomic E-state index is 11.8. The van der Waals surface area contributed by atoms with Gasteiger partial charge in [-0.1, -0.05) is 11.3 Å². The molecule has 19 heavy (non-hydrogen) atoms. The van der Waals surface area contributed by atoms with Crippen LogP contribution in [0.3, 0.4) is 0 Å². The van der Waals surface area contributed by atoms with Gasteiger partial charge in [0.25, 0.3) is 5.91 Å². The smallest absolute Gasteiger partial charge is 0.265 e. The second-order valence-electron chi connectivity index (χ2n) is 4.36. The highest BCUT2D eigenvalue weighted by molar-refractivity contribution is 7.18. The third kappa shape index (κ3) is 5.12. The van der Waals surface area contributed by atoms with Crippen molar-refractivity contribution in [2.45, 2.75) is 32.7 Å². The Bertz CT molecular complexity index is 458. The average Bonchev–Trinajstić information content (AvgIpc) is 2.64. The van der Waals surface area contributed by atoms with Crippen molar-refractivity contribution >= 4 is 34.1 Å². The fraction of sp³-hybridized carbons (Fsp3) is 0.545. The monoisotopic (exact) mass is 285 g/mol. The number of hydrogen-bond acceptors (Lipinski definition) is 6. The molecular formula is C11H19N5O2S. The fourth-order valence-corrected chi connectivity index (χ4v) is 2.30. The summed E-state index contributed by atoms with van der Waals surface area (Å²) in [6, 6.07) is 0.219. The van der Waals surface area contributed by atoms with E-state index in [1.54, 1.807) is 0 Å². The maximum atomic E-state index is 11.8. The second kappa shape index (κ2) is 6.93. The van der Waals surface area contributed by atoms with Gasteiger partial charge in [-0.3, -0.25) is 9.59 Å². The Balaban J connectivity index is 2.52. The zero-order valence-electron chi connectivity index (χ0n) is 11.0. The summed E-state index contributed by atoms with van der Waals surface area (Å²) in [6.45, 7) is 4.33. The number of thiazole rings is 1. The number of hydrogen-bond donors (Lipinski definition) is 4. The van der Waals surface area contributed by atoms with Crippen molar-refractivity contribution in [2.24, 2.45) is 5.73 Å². The van der Waals surface area contributed by atoms with E-state index in [2.05, 4.69) is 15.6 Å². The highest BCUT2D eigenvalue weighted by Gasteiger charge is 2.16. The van der Waals surface area contributed by atoms with Crippen LogP contribution in [0, 0.1) is 0 Å². The summed E-state index contributed by atoms with van der Waals surface area (Å²) in [5, 5.41) is 6.39. The van der Waals surface area contributed by atoms with Crippen LogP contribution in [0.2, 0.25) is 0 Å². The van der Waals surface area contributed by atoms with E-state index in [0.717, 1.165) is 0 Å². The number of nitrogens with two attached hydrogens (primary N) is 2. The first kappa shape index (κ1) is 15.2. The minimum atomic E-state index is -0.380. The number of nitrogen functional groups attached to an aromatic ring is 1. The van der Waals surface area contributed by atoms with Gasteiger partial charge in [0.1, 0.15) is 10.7 Å². The summed E-state index contributed by atoms with van der Waals surface area (Å²) >= 11 is 1.21. The van der Waals surface area contributed by atoms with Crippen LogP contribution >= 0.6 is 11.3 Å². The summed E-state index contributed by atoms with van der Waals surface area (Å²) in [5.74, 6) is -0.452. The molecule has 1 aromatic heterocycles. The Kier molecular flexibility index (Phi) is 5.56. The maximum Gasteiger partial charge on any atom is 0.265 e. The molecule has 0 aliphatic rings. The molecular weight excluding hydrogens is 266 g/mol. The molecule has 0 radical (unpaired) electrons. The Morgan fingerprint density at radius 3 is 2.68 bits per heavy atom. The first-order valence-corrected chi connectivity index (χ1v) is 6.81. The largest absolute Gasteiger partial charge is 0.382 e. The van der Waals surface area contributed by atoms with Crippen LogP contribution in [-0.4, -0.2) is 29.4 Å². The van der Waals surface area contributed by atoms with Crippen molar-refractivity contribution in [1.82, 2.24) is 10.3 Å². The van der Waals surface area contributed by atoms with Crippen molar-refractivity contribution in [1.29, 1.82) is 0 Å². The zero-order valence-corrected chi connectivity index (χ0v) is 11.8. The van der Waals surface area contributed by atoms with E-state index in [1.165, 1.54) is 11.3 Å². The van der Waals surface area contributed by atoms with Crippen molar-refractivity contribution in [3.05, 3.63) is 4.88 Å². The highest BCUT2D eigenvalue weighted by atomic mass is 32.1. The van der Waals surface area contributed by atoms with Gasteiger partial charge in [-0.2, -0.15) is 0 Å². The molecule has 0 aliphatic heterocycles. The third-order valence-electron chi connectivity index (χ3n) is 2.16. The van der Waals surface area contributed by atoms with E-state index >= 15 is 0 Å². The van der Waals surface area contributed by atoms with Crippen molar-refractivity contribution in [3.63, 3.8) is 0 Å². The topological polar surface area (TPSA) is 123 Å². The van der Waals surface area contributed by atoms with Gasteiger partial charge in [0.15, 0.2) is 5.13 Å². The van der Waals surface area contributed by atoms with Crippen LogP contribution < -0.4 is 22.1 Å². The molecule has 0 aromatic carbocycles. The van der Waals surface area contributed by atoms with Gasteiger partial charge in [0.05, 0.1) is 0 Å². The molecule has 0 unspecified atom stereocenters. The molecule has 0 atom stereocenters. The van der Waals surface area contributed by atoms with Gasteiger partial charge in [-0.15, -0.1) is 0 Å². The molecule has 0 saturated carbocycles. The molecule has 8 heteroatoms. The van der Waals surface area contributed by atoms with Crippen molar-refractivity contribution in [2.75, 3.05) is 17.6 Å². The molecule has 0 spiro atoms. The van der Waals surface area contributed by atoms with E-state index in [-0.39, 0.29) is 30.1 Å². The second-order valence-corrected chi connectivity index (χ2v) is 5.36. The number of nitrogens with zero attached hydrogens (tertiary/aromatic N) is 1. The lowest BCUT2D eigenvalue weighted by Gasteiger charge is -2.04. The van der Waals surface area contributed by atoms with Crippen LogP contribution in [0.5, 0.6) is 0 Å². The average molecular weight is 285 g/mol.